The van der Waals surface area contributed by atoms with Gasteiger partial charge in [0.05, 0.1) is 0 Å². The van der Waals surface area contributed by atoms with E-state index >= 15 is 0 Å². The van der Waals surface area contributed by atoms with Crippen LogP contribution in [0.3, 0.4) is 0 Å². The van der Waals surface area contributed by atoms with E-state index in [1.54, 1.807) is 0 Å². The molecule has 0 aromatic rings. The minimum absolute atomic E-state index is 0.802. The molecule has 0 aromatic carbocycles. The minimum atomic E-state index is -1.23. The summed E-state index contributed by atoms with van der Waals surface area (Å²) in [6, 6.07) is 0. The van der Waals surface area contributed by atoms with E-state index < -0.39 is 9.36 Å². The first-order valence-corrected chi connectivity index (χ1v) is 5.56. The first-order valence-electron chi connectivity index (χ1n) is 3.93. The van der Waals surface area contributed by atoms with Gasteiger partial charge in [0.25, 0.3) is 0 Å². The Morgan fingerprint density at radius 2 is 1.60 bits per heavy atom. The van der Waals surface area contributed by atoms with Gasteiger partial charge in [-0.1, -0.05) is 13.8 Å². The molecule has 0 saturated heterocycles. The fourth-order valence-electron chi connectivity index (χ4n) is 0.727. The van der Waals surface area contributed by atoms with E-state index in [2.05, 4.69) is 23.8 Å². The zero-order valence-corrected chi connectivity index (χ0v) is 8.26. The Kier molecular flexibility index (Phi) is 7.28. The van der Waals surface area contributed by atoms with E-state index in [-0.39, 0.29) is 0 Å². The van der Waals surface area contributed by atoms with Crippen LogP contribution in [-0.4, -0.2) is 29.1 Å². The lowest BCUT2D eigenvalue weighted by Crippen LogP contribution is -2.49. The Morgan fingerprint density at radius 1 is 1.10 bits per heavy atom. The van der Waals surface area contributed by atoms with Crippen LogP contribution in [0, 0.1) is 0 Å². The maximum Gasteiger partial charge on any atom is 0.335 e. The fourth-order valence-corrected chi connectivity index (χ4v) is 2.18. The molecule has 0 aromatic heterocycles. The van der Waals surface area contributed by atoms with Crippen molar-refractivity contribution in [1.29, 1.82) is 0 Å². The lowest BCUT2D eigenvalue weighted by atomic mass is 10.8. The highest BCUT2D eigenvalue weighted by Crippen LogP contribution is 1.75. The summed E-state index contributed by atoms with van der Waals surface area (Å²) < 4.78 is 5.44. The van der Waals surface area contributed by atoms with Crippen LogP contribution >= 0.6 is 0 Å². The van der Waals surface area contributed by atoms with Crippen LogP contribution in [0.5, 0.6) is 0 Å². The van der Waals surface area contributed by atoms with Gasteiger partial charge in [0.2, 0.25) is 0 Å². The predicted molar refractivity (Wildman–Crippen MR) is 46.1 cm³/mol. The van der Waals surface area contributed by atoms with Crippen molar-refractivity contribution in [2.45, 2.75) is 20.8 Å². The molecule has 0 aliphatic rings. The van der Waals surface area contributed by atoms with Gasteiger partial charge in [0.1, 0.15) is 0 Å². The van der Waals surface area contributed by atoms with Crippen molar-refractivity contribution in [2.75, 3.05) is 19.7 Å². The Hall–Kier alpha value is 0.0969. The molecule has 0 aliphatic heterocycles. The Bertz CT molecular complexity index is 58.5. The third-order valence-electron chi connectivity index (χ3n) is 1.11. The van der Waals surface area contributed by atoms with Gasteiger partial charge in [-0.3, -0.25) is 0 Å². The molecule has 0 radical (unpaired) electrons. The highest BCUT2D eigenvalue weighted by Gasteiger charge is 2.05. The molecule has 0 bridgehead atoms. The zero-order chi connectivity index (χ0) is 7.82. The highest BCUT2D eigenvalue weighted by atomic mass is 28.3. The summed E-state index contributed by atoms with van der Waals surface area (Å²) in [5.74, 6) is 0. The largest absolute Gasteiger partial charge is 0.394 e. The normalized spacial score (nSPS) is 10.8. The van der Waals surface area contributed by atoms with Gasteiger partial charge in [-0.2, -0.15) is 0 Å². The summed E-state index contributed by atoms with van der Waals surface area (Å²) in [5, 5.41) is 0. The second-order valence-corrected chi connectivity index (χ2v) is 3.86. The van der Waals surface area contributed by atoms with Crippen molar-refractivity contribution in [2.24, 2.45) is 0 Å². The van der Waals surface area contributed by atoms with Crippen molar-refractivity contribution < 1.29 is 4.43 Å². The van der Waals surface area contributed by atoms with Gasteiger partial charge in [-0.25, -0.2) is 0 Å². The average Bonchev–Trinajstić information content (AvgIpc) is 1.90. The molecule has 0 aliphatic carbocycles. The lowest BCUT2D eigenvalue weighted by molar-refractivity contribution is 0.324. The molecule has 3 nitrogen and oxygen atoms in total. The van der Waals surface area contributed by atoms with E-state index in [4.69, 9.17) is 4.43 Å². The molecule has 0 spiro atoms. The highest BCUT2D eigenvalue weighted by molar-refractivity contribution is 6.45. The lowest BCUT2D eigenvalue weighted by Gasteiger charge is -2.14. The standard InChI is InChI=1S/C6H18N2OSi/c1-4-7-10(8-5-2)9-6-3/h7-8,10H,4-6H2,1-3H3. The van der Waals surface area contributed by atoms with Gasteiger partial charge in [-0.15, -0.1) is 0 Å². The second-order valence-electron chi connectivity index (χ2n) is 1.95. The van der Waals surface area contributed by atoms with Gasteiger partial charge in [0.15, 0.2) is 0 Å². The number of rotatable bonds is 6. The molecule has 10 heavy (non-hydrogen) atoms. The molecule has 0 atom stereocenters. The summed E-state index contributed by atoms with van der Waals surface area (Å²) >= 11 is 0. The van der Waals surface area contributed by atoms with Crippen molar-refractivity contribution in [3.8, 4) is 0 Å². The van der Waals surface area contributed by atoms with Crippen LogP contribution in [0.4, 0.5) is 0 Å². The smallest absolute Gasteiger partial charge is 0.335 e. The molecule has 2 N–H and O–H groups in total. The second kappa shape index (κ2) is 7.21. The molecular formula is C6H18N2OSi. The van der Waals surface area contributed by atoms with Crippen LogP contribution in [0.15, 0.2) is 0 Å². The molecule has 0 saturated carbocycles. The molecular weight excluding hydrogens is 144 g/mol. The average molecular weight is 162 g/mol. The molecule has 0 amide bonds. The topological polar surface area (TPSA) is 33.3 Å². The Morgan fingerprint density at radius 3 is 1.90 bits per heavy atom. The van der Waals surface area contributed by atoms with Gasteiger partial charge in [-0.05, 0) is 20.0 Å². The van der Waals surface area contributed by atoms with E-state index in [0.717, 1.165) is 19.7 Å². The van der Waals surface area contributed by atoms with Crippen molar-refractivity contribution >= 4 is 9.36 Å². The van der Waals surface area contributed by atoms with E-state index in [1.807, 2.05) is 6.92 Å². The van der Waals surface area contributed by atoms with Crippen LogP contribution in [-0.2, 0) is 4.43 Å². The maximum absolute atomic E-state index is 5.44. The van der Waals surface area contributed by atoms with Gasteiger partial charge in [0, 0.05) is 6.61 Å². The third kappa shape index (κ3) is 4.93. The maximum atomic E-state index is 5.44. The monoisotopic (exact) mass is 162 g/mol. The molecule has 0 heterocycles. The Balaban J connectivity index is 3.30. The van der Waals surface area contributed by atoms with Crippen molar-refractivity contribution in [3.63, 3.8) is 0 Å². The van der Waals surface area contributed by atoms with Crippen LogP contribution in [0.2, 0.25) is 0 Å². The molecule has 0 fully saturated rings. The van der Waals surface area contributed by atoms with E-state index in [9.17, 15) is 0 Å². The van der Waals surface area contributed by atoms with Crippen LogP contribution < -0.4 is 9.96 Å². The van der Waals surface area contributed by atoms with Crippen molar-refractivity contribution in [1.82, 2.24) is 9.96 Å². The van der Waals surface area contributed by atoms with Crippen LogP contribution in [0.25, 0.3) is 0 Å². The zero-order valence-electron chi connectivity index (χ0n) is 7.11. The predicted octanol–water partition coefficient (Wildman–Crippen LogP) is -0.0409. The summed E-state index contributed by atoms with van der Waals surface area (Å²) in [6.07, 6.45) is 0. The SMILES string of the molecule is CCN[SiH](NCC)OCC. The Labute approximate surface area is 65.0 Å². The summed E-state index contributed by atoms with van der Waals surface area (Å²) in [5.41, 5.74) is 0. The van der Waals surface area contributed by atoms with Gasteiger partial charge < -0.3 is 14.4 Å². The molecule has 4 heteroatoms. The fraction of sp³-hybridized carbons (Fsp3) is 1.00. The molecule has 0 unspecified atom stereocenters. The quantitative estimate of drug-likeness (QED) is 0.538. The molecule has 0 rings (SSSR count). The summed E-state index contributed by atoms with van der Waals surface area (Å²) in [4.78, 5) is 6.58. The van der Waals surface area contributed by atoms with E-state index in [1.165, 1.54) is 0 Å². The summed E-state index contributed by atoms with van der Waals surface area (Å²) in [7, 11) is -1.23. The number of nitrogens with one attached hydrogen (secondary N) is 2. The first-order chi connectivity index (χ1) is 4.85. The third-order valence-corrected chi connectivity index (χ3v) is 3.34. The summed E-state index contributed by atoms with van der Waals surface area (Å²) in [6.45, 7) is 8.99. The van der Waals surface area contributed by atoms with E-state index in [0.29, 0.717) is 0 Å². The van der Waals surface area contributed by atoms with Crippen molar-refractivity contribution in [3.05, 3.63) is 0 Å². The number of hydrogen-bond donors (Lipinski definition) is 2. The van der Waals surface area contributed by atoms with Gasteiger partial charge >= 0.3 is 9.36 Å². The minimum Gasteiger partial charge on any atom is -0.394 e. The first kappa shape index (κ1) is 10.1. The van der Waals surface area contributed by atoms with Crippen LogP contribution in [0.1, 0.15) is 20.8 Å². The molecule has 62 valence electrons. The number of hydrogen-bond acceptors (Lipinski definition) is 3.